The van der Waals surface area contributed by atoms with Crippen LogP contribution in [0.5, 0.6) is 11.5 Å². The van der Waals surface area contributed by atoms with E-state index in [-0.39, 0.29) is 11.9 Å². The van der Waals surface area contributed by atoms with E-state index in [0.717, 1.165) is 63.1 Å². The maximum absolute atomic E-state index is 12.8. The number of carbonyl (C=O) groups excluding carboxylic acids is 1. The predicted octanol–water partition coefficient (Wildman–Crippen LogP) is 6.67. The zero-order valence-corrected chi connectivity index (χ0v) is 20.0. The number of fused-ring (bicyclic) bond motifs is 1. The Balaban J connectivity index is 1.69. The van der Waals surface area contributed by atoms with E-state index < -0.39 is 0 Å². The first-order valence-electron chi connectivity index (χ1n) is 11.7. The molecule has 0 atom stereocenters. The van der Waals surface area contributed by atoms with Crippen molar-refractivity contribution in [3.8, 4) is 22.6 Å². The molecule has 0 aliphatic heterocycles. The Bertz CT molecular complexity index is 1150. The minimum atomic E-state index is -0.0400. The van der Waals surface area contributed by atoms with Crippen molar-refractivity contribution >= 4 is 22.4 Å². The number of amides is 1. The Hall–Kier alpha value is -3.21. The van der Waals surface area contributed by atoms with E-state index in [2.05, 4.69) is 11.4 Å². The number of hydrogen-bond donors (Lipinski definition) is 1. The molecule has 1 saturated carbocycles. The highest BCUT2D eigenvalue weighted by molar-refractivity contribution is 6.01. The van der Waals surface area contributed by atoms with E-state index in [4.69, 9.17) is 13.9 Å². The molecule has 33 heavy (non-hydrogen) atoms. The highest BCUT2D eigenvalue weighted by atomic mass is 16.5. The summed E-state index contributed by atoms with van der Waals surface area (Å²) in [5.41, 5.74) is 5.51. The maximum Gasteiger partial charge on any atom is 0.244 e. The molecular formula is C28H33NO4. The first kappa shape index (κ1) is 23.0. The van der Waals surface area contributed by atoms with Crippen LogP contribution in [0.4, 0.5) is 0 Å². The number of hydrogen-bond acceptors (Lipinski definition) is 4. The van der Waals surface area contributed by atoms with Gasteiger partial charge in [-0.25, -0.2) is 0 Å². The molecule has 1 fully saturated rings. The van der Waals surface area contributed by atoms with Crippen molar-refractivity contribution in [1.82, 2.24) is 5.32 Å². The van der Waals surface area contributed by atoms with Crippen molar-refractivity contribution in [2.75, 3.05) is 14.2 Å². The number of nitrogens with one attached hydrogen (secondary N) is 1. The molecule has 0 spiro atoms. The molecular weight excluding hydrogens is 414 g/mol. The van der Waals surface area contributed by atoms with Gasteiger partial charge in [-0.2, -0.15) is 0 Å². The Morgan fingerprint density at radius 2 is 1.76 bits per heavy atom. The van der Waals surface area contributed by atoms with Crippen molar-refractivity contribution in [3.63, 3.8) is 0 Å². The summed E-state index contributed by atoms with van der Waals surface area (Å²) in [6, 6.07) is 10.2. The maximum atomic E-state index is 12.8. The second-order valence-electron chi connectivity index (χ2n) is 8.86. The van der Waals surface area contributed by atoms with Gasteiger partial charge in [-0.1, -0.05) is 37.8 Å². The number of furan rings is 1. The van der Waals surface area contributed by atoms with Gasteiger partial charge >= 0.3 is 0 Å². The van der Waals surface area contributed by atoms with Crippen molar-refractivity contribution in [2.24, 2.45) is 0 Å². The molecule has 174 valence electrons. The van der Waals surface area contributed by atoms with Gasteiger partial charge in [0.2, 0.25) is 5.91 Å². The molecule has 1 aliphatic rings. The first-order valence-corrected chi connectivity index (χ1v) is 11.7. The monoisotopic (exact) mass is 447 g/mol. The van der Waals surface area contributed by atoms with Gasteiger partial charge < -0.3 is 19.2 Å². The lowest BCUT2D eigenvalue weighted by Crippen LogP contribution is -2.33. The number of carbonyl (C=O) groups is 1. The summed E-state index contributed by atoms with van der Waals surface area (Å²) in [5, 5.41) is 4.20. The highest BCUT2D eigenvalue weighted by Gasteiger charge is 2.19. The summed E-state index contributed by atoms with van der Waals surface area (Å²) < 4.78 is 17.0. The highest BCUT2D eigenvalue weighted by Crippen LogP contribution is 2.40. The molecule has 1 aliphatic carbocycles. The van der Waals surface area contributed by atoms with E-state index in [9.17, 15) is 4.79 Å². The number of rotatable bonds is 6. The fourth-order valence-electron chi connectivity index (χ4n) is 4.81. The SMILES string of the molecule is COc1ccc(-c2coc3c(C)c(OC)c(/C(C)=C/C(=O)NC4CCCCCC4)cc23)cc1. The van der Waals surface area contributed by atoms with E-state index in [1.165, 1.54) is 25.7 Å². The third kappa shape index (κ3) is 4.92. The second-order valence-corrected chi connectivity index (χ2v) is 8.86. The molecule has 3 aromatic rings. The van der Waals surface area contributed by atoms with E-state index in [1.54, 1.807) is 26.6 Å². The summed E-state index contributed by atoms with van der Waals surface area (Å²) in [6.07, 6.45) is 10.5. The lowest BCUT2D eigenvalue weighted by atomic mass is 9.96. The summed E-state index contributed by atoms with van der Waals surface area (Å²) in [4.78, 5) is 12.8. The third-order valence-electron chi connectivity index (χ3n) is 6.62. The number of benzene rings is 2. The molecule has 0 radical (unpaired) electrons. The molecule has 0 bridgehead atoms. The summed E-state index contributed by atoms with van der Waals surface area (Å²) in [7, 11) is 3.31. The summed E-state index contributed by atoms with van der Waals surface area (Å²) >= 11 is 0. The minimum absolute atomic E-state index is 0.0400. The Labute approximate surface area is 195 Å². The number of aryl methyl sites for hydroxylation is 1. The molecule has 5 nitrogen and oxygen atoms in total. The molecule has 1 aromatic heterocycles. The lowest BCUT2D eigenvalue weighted by molar-refractivity contribution is -0.117. The average molecular weight is 448 g/mol. The molecule has 0 saturated heterocycles. The van der Waals surface area contributed by atoms with Crippen LogP contribution < -0.4 is 14.8 Å². The van der Waals surface area contributed by atoms with Crippen molar-refractivity contribution in [3.05, 3.63) is 53.8 Å². The molecule has 1 amide bonds. The third-order valence-corrected chi connectivity index (χ3v) is 6.62. The molecule has 1 N–H and O–H groups in total. The standard InChI is InChI=1S/C28H33NO4/c1-18(15-26(30)29-21-9-7-5-6-8-10-21)23-16-24-25(20-11-13-22(31-3)14-12-20)17-33-28(24)19(2)27(23)32-4/h11-17,21H,5-10H2,1-4H3,(H,29,30)/b18-15+. The van der Waals surface area contributed by atoms with Gasteiger partial charge in [0.05, 0.1) is 20.5 Å². The number of methoxy groups -OCH3 is 2. The van der Waals surface area contributed by atoms with Crippen LogP contribution in [0.2, 0.25) is 0 Å². The second kappa shape index (κ2) is 10.2. The molecule has 0 unspecified atom stereocenters. The number of allylic oxidation sites excluding steroid dienone is 1. The fraction of sp³-hybridized carbons (Fsp3) is 0.393. The summed E-state index contributed by atoms with van der Waals surface area (Å²) in [6.45, 7) is 3.95. The minimum Gasteiger partial charge on any atom is -0.497 e. The van der Waals surface area contributed by atoms with Crippen LogP contribution in [0.25, 0.3) is 27.7 Å². The van der Waals surface area contributed by atoms with Crippen LogP contribution >= 0.6 is 0 Å². The largest absolute Gasteiger partial charge is 0.497 e. The van der Waals surface area contributed by atoms with Crippen LogP contribution in [-0.2, 0) is 4.79 Å². The Morgan fingerprint density at radius 3 is 2.39 bits per heavy atom. The van der Waals surface area contributed by atoms with Crippen LogP contribution in [0, 0.1) is 6.92 Å². The van der Waals surface area contributed by atoms with Crippen LogP contribution in [0.15, 0.2) is 47.1 Å². The fourth-order valence-corrected chi connectivity index (χ4v) is 4.81. The van der Waals surface area contributed by atoms with E-state index in [1.807, 2.05) is 38.1 Å². The zero-order valence-electron chi connectivity index (χ0n) is 20.0. The molecule has 5 heteroatoms. The normalized spacial score (nSPS) is 15.3. The lowest BCUT2D eigenvalue weighted by Gasteiger charge is -2.16. The first-order chi connectivity index (χ1) is 16.0. The van der Waals surface area contributed by atoms with Gasteiger partial charge in [0.1, 0.15) is 17.1 Å². The smallest absolute Gasteiger partial charge is 0.244 e. The van der Waals surface area contributed by atoms with Crippen LogP contribution in [0.3, 0.4) is 0 Å². The van der Waals surface area contributed by atoms with E-state index in [0.29, 0.717) is 0 Å². The van der Waals surface area contributed by atoms with Crippen molar-refractivity contribution in [1.29, 1.82) is 0 Å². The molecule has 1 heterocycles. The van der Waals surface area contributed by atoms with Gasteiger partial charge in [-0.05, 0) is 56.0 Å². The van der Waals surface area contributed by atoms with Crippen LogP contribution in [-0.4, -0.2) is 26.2 Å². The number of ether oxygens (including phenoxy) is 2. The van der Waals surface area contributed by atoms with E-state index >= 15 is 0 Å². The molecule has 4 rings (SSSR count). The topological polar surface area (TPSA) is 60.7 Å². The van der Waals surface area contributed by atoms with Crippen LogP contribution in [0.1, 0.15) is 56.6 Å². The Morgan fingerprint density at radius 1 is 1.06 bits per heavy atom. The van der Waals surface area contributed by atoms with Gasteiger partial charge in [-0.3, -0.25) is 4.79 Å². The van der Waals surface area contributed by atoms with Gasteiger partial charge in [0.25, 0.3) is 0 Å². The Kier molecular flexibility index (Phi) is 7.07. The summed E-state index contributed by atoms with van der Waals surface area (Å²) in [5.74, 6) is 1.50. The van der Waals surface area contributed by atoms with Gasteiger partial charge in [-0.15, -0.1) is 0 Å². The average Bonchev–Trinajstić information content (AvgIpc) is 3.08. The molecule has 2 aromatic carbocycles. The van der Waals surface area contributed by atoms with Gasteiger partial charge in [0, 0.05) is 34.2 Å². The predicted molar refractivity (Wildman–Crippen MR) is 133 cm³/mol. The quantitative estimate of drug-likeness (QED) is 0.339. The van der Waals surface area contributed by atoms with Crippen molar-refractivity contribution < 1.29 is 18.7 Å². The van der Waals surface area contributed by atoms with Gasteiger partial charge in [0.15, 0.2) is 0 Å². The van der Waals surface area contributed by atoms with Crippen molar-refractivity contribution in [2.45, 2.75) is 58.4 Å². The zero-order chi connectivity index (χ0) is 23.4.